The standard InChI is InChI=1S/C13H17NO/c1-2-8-14-10-11-7-9-15-13-6-4-3-5-12(11)13/h2-6,11,14H,1,7-10H2. The molecule has 2 rings (SSSR count). The number of hydrogen-bond donors (Lipinski definition) is 1. The van der Waals surface area contributed by atoms with Crippen molar-refractivity contribution in [2.24, 2.45) is 0 Å². The van der Waals surface area contributed by atoms with Gasteiger partial charge in [-0.15, -0.1) is 6.58 Å². The van der Waals surface area contributed by atoms with Gasteiger partial charge < -0.3 is 10.1 Å². The molecule has 0 fully saturated rings. The minimum Gasteiger partial charge on any atom is -0.493 e. The van der Waals surface area contributed by atoms with E-state index in [0.29, 0.717) is 5.92 Å². The lowest BCUT2D eigenvalue weighted by Crippen LogP contribution is -2.25. The molecule has 0 radical (unpaired) electrons. The van der Waals surface area contributed by atoms with E-state index in [-0.39, 0.29) is 0 Å². The molecular formula is C13H17NO. The average molecular weight is 203 g/mol. The molecule has 0 aromatic heterocycles. The molecule has 1 N–H and O–H groups in total. The Morgan fingerprint density at radius 3 is 3.20 bits per heavy atom. The minimum absolute atomic E-state index is 0.579. The molecule has 1 atom stereocenters. The van der Waals surface area contributed by atoms with Gasteiger partial charge in [0.25, 0.3) is 0 Å². The fraction of sp³-hybridized carbons (Fsp3) is 0.385. The van der Waals surface area contributed by atoms with Gasteiger partial charge in [0.15, 0.2) is 0 Å². The summed E-state index contributed by atoms with van der Waals surface area (Å²) in [5, 5.41) is 3.37. The van der Waals surface area contributed by atoms with Gasteiger partial charge in [-0.2, -0.15) is 0 Å². The van der Waals surface area contributed by atoms with Crippen LogP contribution in [0.5, 0.6) is 5.75 Å². The number of benzene rings is 1. The van der Waals surface area contributed by atoms with E-state index in [1.165, 1.54) is 5.56 Å². The zero-order valence-electron chi connectivity index (χ0n) is 8.91. The summed E-state index contributed by atoms with van der Waals surface area (Å²) in [6, 6.07) is 8.32. The second-order valence-corrected chi connectivity index (χ2v) is 3.82. The summed E-state index contributed by atoms with van der Waals surface area (Å²) in [6.07, 6.45) is 2.99. The summed E-state index contributed by atoms with van der Waals surface area (Å²) in [5.74, 6) is 1.63. The van der Waals surface area contributed by atoms with Crippen molar-refractivity contribution >= 4 is 0 Å². The maximum absolute atomic E-state index is 5.61. The third kappa shape index (κ3) is 2.39. The maximum Gasteiger partial charge on any atom is 0.122 e. The van der Waals surface area contributed by atoms with Crippen LogP contribution in [0.25, 0.3) is 0 Å². The molecule has 0 spiro atoms. The third-order valence-corrected chi connectivity index (χ3v) is 2.76. The topological polar surface area (TPSA) is 21.3 Å². The summed E-state index contributed by atoms with van der Waals surface area (Å²) < 4.78 is 5.61. The lowest BCUT2D eigenvalue weighted by molar-refractivity contribution is 0.265. The van der Waals surface area contributed by atoms with Crippen LogP contribution >= 0.6 is 0 Å². The van der Waals surface area contributed by atoms with Crippen LogP contribution in [-0.2, 0) is 0 Å². The molecule has 0 bridgehead atoms. The second kappa shape index (κ2) is 4.99. The van der Waals surface area contributed by atoms with Gasteiger partial charge >= 0.3 is 0 Å². The number of ether oxygens (including phenoxy) is 1. The van der Waals surface area contributed by atoms with Crippen molar-refractivity contribution in [1.29, 1.82) is 0 Å². The normalized spacial score (nSPS) is 19.1. The molecule has 80 valence electrons. The summed E-state index contributed by atoms with van der Waals surface area (Å²) in [5.41, 5.74) is 1.33. The van der Waals surface area contributed by atoms with Crippen LogP contribution in [0, 0.1) is 0 Å². The zero-order valence-corrected chi connectivity index (χ0v) is 8.91. The lowest BCUT2D eigenvalue weighted by atomic mass is 9.93. The van der Waals surface area contributed by atoms with Gasteiger partial charge in [-0.3, -0.25) is 0 Å². The van der Waals surface area contributed by atoms with E-state index in [0.717, 1.165) is 31.9 Å². The first kappa shape index (κ1) is 10.2. The number of nitrogens with one attached hydrogen (secondary N) is 1. The van der Waals surface area contributed by atoms with Crippen molar-refractivity contribution in [3.63, 3.8) is 0 Å². The Hall–Kier alpha value is -1.28. The molecular weight excluding hydrogens is 186 g/mol. The Kier molecular flexibility index (Phi) is 3.41. The molecule has 1 aliphatic heterocycles. The Balaban J connectivity index is 2.05. The Labute approximate surface area is 91.0 Å². The maximum atomic E-state index is 5.61. The van der Waals surface area contributed by atoms with Crippen LogP contribution in [0.1, 0.15) is 17.9 Å². The Morgan fingerprint density at radius 1 is 1.47 bits per heavy atom. The molecule has 1 unspecified atom stereocenters. The van der Waals surface area contributed by atoms with Gasteiger partial charge in [0.05, 0.1) is 6.61 Å². The number of hydrogen-bond acceptors (Lipinski definition) is 2. The Morgan fingerprint density at radius 2 is 2.33 bits per heavy atom. The molecule has 2 heteroatoms. The van der Waals surface area contributed by atoms with Crippen molar-refractivity contribution in [3.8, 4) is 5.75 Å². The smallest absolute Gasteiger partial charge is 0.122 e. The summed E-state index contributed by atoms with van der Waals surface area (Å²) in [4.78, 5) is 0. The summed E-state index contributed by atoms with van der Waals surface area (Å²) in [7, 11) is 0. The highest BCUT2D eigenvalue weighted by molar-refractivity contribution is 5.37. The van der Waals surface area contributed by atoms with Crippen LogP contribution < -0.4 is 10.1 Å². The molecule has 1 aromatic carbocycles. The molecule has 2 nitrogen and oxygen atoms in total. The van der Waals surface area contributed by atoms with E-state index in [4.69, 9.17) is 4.74 Å². The summed E-state index contributed by atoms with van der Waals surface area (Å²) in [6.45, 7) is 6.41. The van der Waals surface area contributed by atoms with Gasteiger partial charge in [-0.05, 0) is 18.1 Å². The largest absolute Gasteiger partial charge is 0.493 e. The van der Waals surface area contributed by atoms with Crippen LogP contribution in [0.4, 0.5) is 0 Å². The van der Waals surface area contributed by atoms with E-state index in [9.17, 15) is 0 Å². The van der Waals surface area contributed by atoms with Gasteiger partial charge in [0.1, 0.15) is 5.75 Å². The van der Waals surface area contributed by atoms with E-state index < -0.39 is 0 Å². The van der Waals surface area contributed by atoms with Gasteiger partial charge in [-0.1, -0.05) is 24.3 Å². The van der Waals surface area contributed by atoms with E-state index in [1.807, 2.05) is 12.1 Å². The number of fused-ring (bicyclic) bond motifs is 1. The lowest BCUT2D eigenvalue weighted by Gasteiger charge is -2.25. The predicted molar refractivity (Wildman–Crippen MR) is 62.4 cm³/mol. The van der Waals surface area contributed by atoms with Crippen molar-refractivity contribution < 1.29 is 4.74 Å². The van der Waals surface area contributed by atoms with E-state index in [2.05, 4.69) is 30.1 Å². The number of para-hydroxylation sites is 1. The van der Waals surface area contributed by atoms with Gasteiger partial charge in [0.2, 0.25) is 0 Å². The molecule has 0 aliphatic carbocycles. The fourth-order valence-electron chi connectivity index (χ4n) is 1.99. The fourth-order valence-corrected chi connectivity index (χ4v) is 1.99. The molecule has 15 heavy (non-hydrogen) atoms. The molecule has 1 aromatic rings. The van der Waals surface area contributed by atoms with Gasteiger partial charge in [0, 0.05) is 19.0 Å². The van der Waals surface area contributed by atoms with Crippen molar-refractivity contribution in [2.75, 3.05) is 19.7 Å². The van der Waals surface area contributed by atoms with Crippen molar-refractivity contribution in [3.05, 3.63) is 42.5 Å². The van der Waals surface area contributed by atoms with Crippen molar-refractivity contribution in [2.45, 2.75) is 12.3 Å². The Bertz CT molecular complexity index is 335. The first-order chi connectivity index (χ1) is 7.42. The van der Waals surface area contributed by atoms with Crippen LogP contribution in [0.2, 0.25) is 0 Å². The van der Waals surface area contributed by atoms with Gasteiger partial charge in [-0.25, -0.2) is 0 Å². The molecule has 0 amide bonds. The average Bonchev–Trinajstić information content (AvgIpc) is 2.30. The van der Waals surface area contributed by atoms with Crippen molar-refractivity contribution in [1.82, 2.24) is 5.32 Å². The minimum atomic E-state index is 0.579. The SMILES string of the molecule is C=CCNCC1CCOc2ccccc21. The van der Waals surface area contributed by atoms with E-state index >= 15 is 0 Å². The highest BCUT2D eigenvalue weighted by Gasteiger charge is 2.19. The predicted octanol–water partition coefficient (Wildman–Crippen LogP) is 2.33. The van der Waals surface area contributed by atoms with Crippen LogP contribution in [0.3, 0.4) is 0 Å². The van der Waals surface area contributed by atoms with E-state index in [1.54, 1.807) is 0 Å². The molecule has 0 saturated carbocycles. The van der Waals surface area contributed by atoms with Crippen LogP contribution in [-0.4, -0.2) is 19.7 Å². The second-order valence-electron chi connectivity index (χ2n) is 3.82. The number of rotatable bonds is 4. The highest BCUT2D eigenvalue weighted by atomic mass is 16.5. The molecule has 1 heterocycles. The first-order valence-corrected chi connectivity index (χ1v) is 5.45. The first-order valence-electron chi connectivity index (χ1n) is 5.45. The molecule has 0 saturated heterocycles. The zero-order chi connectivity index (χ0) is 10.5. The highest BCUT2D eigenvalue weighted by Crippen LogP contribution is 2.32. The van der Waals surface area contributed by atoms with Crippen LogP contribution in [0.15, 0.2) is 36.9 Å². The monoisotopic (exact) mass is 203 g/mol. The summed E-state index contributed by atoms with van der Waals surface area (Å²) >= 11 is 0. The quantitative estimate of drug-likeness (QED) is 0.599. The third-order valence-electron chi connectivity index (χ3n) is 2.76. The molecule has 1 aliphatic rings.